The lowest BCUT2D eigenvalue weighted by Crippen LogP contribution is -2.37. The van der Waals surface area contributed by atoms with Crippen molar-refractivity contribution in [2.24, 2.45) is 0 Å². The summed E-state index contributed by atoms with van der Waals surface area (Å²) in [5, 5.41) is 0.562. The molecule has 32 heavy (non-hydrogen) atoms. The molecule has 0 aliphatic rings. The van der Waals surface area contributed by atoms with Gasteiger partial charge in [-0.15, -0.1) is 0 Å². The third-order valence-corrected chi connectivity index (χ3v) is 5.88. The third-order valence-electron chi connectivity index (χ3n) is 5.88. The Balaban J connectivity index is 1.94. The molecule has 0 radical (unpaired) electrons. The van der Waals surface area contributed by atoms with Gasteiger partial charge in [-0.3, -0.25) is 14.2 Å². The average molecular weight is 426 g/mol. The molecule has 0 fully saturated rings. The number of nitrogens with zero attached hydrogens (tertiary/aromatic N) is 3. The summed E-state index contributed by atoms with van der Waals surface area (Å²) in [5.74, 6) is 0.471. The maximum Gasteiger partial charge on any atom is 0.266 e. The van der Waals surface area contributed by atoms with Gasteiger partial charge in [-0.05, 0) is 56.2 Å². The van der Waals surface area contributed by atoms with Crippen molar-refractivity contribution in [2.75, 3.05) is 6.54 Å². The van der Waals surface area contributed by atoms with Crippen molar-refractivity contribution in [2.45, 2.75) is 33.2 Å². The zero-order valence-corrected chi connectivity index (χ0v) is 18.7. The molecular weight excluding hydrogens is 398 g/mol. The van der Waals surface area contributed by atoms with E-state index in [4.69, 9.17) is 4.98 Å². The number of aryl methyl sites for hydroxylation is 1. The molecule has 1 atom stereocenters. The molecule has 0 bridgehead atoms. The largest absolute Gasteiger partial charge is 0.329 e. The van der Waals surface area contributed by atoms with Crippen LogP contribution < -0.4 is 5.56 Å². The van der Waals surface area contributed by atoms with Crippen molar-refractivity contribution in [1.29, 1.82) is 0 Å². The minimum Gasteiger partial charge on any atom is -0.329 e. The van der Waals surface area contributed by atoms with Crippen molar-refractivity contribution in [3.63, 3.8) is 0 Å². The molecular formula is C27H27N3O2. The third kappa shape index (κ3) is 3.82. The van der Waals surface area contributed by atoms with Gasteiger partial charge in [-0.25, -0.2) is 4.98 Å². The van der Waals surface area contributed by atoms with Gasteiger partial charge in [0.1, 0.15) is 5.82 Å². The van der Waals surface area contributed by atoms with Gasteiger partial charge in [0.25, 0.3) is 11.5 Å². The Morgan fingerprint density at radius 1 is 0.938 bits per heavy atom. The SMILES string of the molecule is CCc1ccccc1-n1c(C(C)N(CC)C(=O)c2ccccc2)nc2ccccc2c1=O. The second kappa shape index (κ2) is 9.18. The standard InChI is InChI=1S/C27H27N3O2/c1-4-20-13-9-12-18-24(20)30-25(28-23-17-11-10-16-22(23)27(30)32)19(3)29(5-2)26(31)21-14-7-6-8-15-21/h6-19H,4-5H2,1-3H3. The Bertz CT molecular complexity index is 1310. The first-order valence-corrected chi connectivity index (χ1v) is 11.0. The number of amides is 1. The molecule has 0 spiro atoms. The quantitative estimate of drug-likeness (QED) is 0.428. The Kier molecular flexibility index (Phi) is 6.17. The Morgan fingerprint density at radius 3 is 2.31 bits per heavy atom. The summed E-state index contributed by atoms with van der Waals surface area (Å²) < 4.78 is 1.69. The Morgan fingerprint density at radius 2 is 1.59 bits per heavy atom. The minimum absolute atomic E-state index is 0.0849. The molecule has 0 saturated heterocycles. The van der Waals surface area contributed by atoms with Gasteiger partial charge in [0.15, 0.2) is 0 Å². The summed E-state index contributed by atoms with van der Waals surface area (Å²) in [7, 11) is 0. The van der Waals surface area contributed by atoms with E-state index in [1.54, 1.807) is 15.5 Å². The van der Waals surface area contributed by atoms with Crippen LogP contribution in [-0.4, -0.2) is 26.9 Å². The minimum atomic E-state index is -0.407. The number of fused-ring (bicyclic) bond motifs is 1. The number of para-hydroxylation sites is 2. The van der Waals surface area contributed by atoms with Gasteiger partial charge in [0, 0.05) is 12.1 Å². The lowest BCUT2D eigenvalue weighted by atomic mass is 10.1. The predicted octanol–water partition coefficient (Wildman–Crippen LogP) is 5.17. The van der Waals surface area contributed by atoms with Crippen LogP contribution >= 0.6 is 0 Å². The van der Waals surface area contributed by atoms with Crippen LogP contribution in [-0.2, 0) is 6.42 Å². The zero-order chi connectivity index (χ0) is 22.7. The van der Waals surface area contributed by atoms with E-state index in [1.807, 2.05) is 86.6 Å². The molecule has 3 aromatic carbocycles. The molecule has 1 amide bonds. The molecule has 1 aromatic heterocycles. The molecule has 1 unspecified atom stereocenters. The highest BCUT2D eigenvalue weighted by Gasteiger charge is 2.27. The van der Waals surface area contributed by atoms with Crippen LogP contribution in [0.5, 0.6) is 0 Å². The molecule has 0 aliphatic heterocycles. The average Bonchev–Trinajstić information content (AvgIpc) is 2.84. The van der Waals surface area contributed by atoms with E-state index in [-0.39, 0.29) is 11.5 Å². The first-order chi connectivity index (χ1) is 15.6. The molecule has 4 aromatic rings. The fraction of sp³-hybridized carbons (Fsp3) is 0.222. The van der Waals surface area contributed by atoms with Crippen LogP contribution in [0.1, 0.15) is 48.6 Å². The normalized spacial score (nSPS) is 12.0. The molecule has 1 heterocycles. The number of benzene rings is 3. The van der Waals surface area contributed by atoms with Crippen LogP contribution in [0, 0.1) is 0 Å². The van der Waals surface area contributed by atoms with E-state index in [1.165, 1.54) is 0 Å². The molecule has 162 valence electrons. The van der Waals surface area contributed by atoms with Crippen molar-refractivity contribution in [1.82, 2.24) is 14.5 Å². The van der Waals surface area contributed by atoms with Gasteiger partial charge in [-0.2, -0.15) is 0 Å². The fourth-order valence-corrected chi connectivity index (χ4v) is 4.17. The van der Waals surface area contributed by atoms with Gasteiger partial charge >= 0.3 is 0 Å². The number of hydrogen-bond acceptors (Lipinski definition) is 3. The maximum atomic E-state index is 13.7. The molecule has 5 heteroatoms. The topological polar surface area (TPSA) is 55.2 Å². The maximum absolute atomic E-state index is 13.7. The van der Waals surface area contributed by atoms with E-state index in [0.29, 0.717) is 28.8 Å². The summed E-state index contributed by atoms with van der Waals surface area (Å²) in [6, 6.07) is 24.1. The fourth-order valence-electron chi connectivity index (χ4n) is 4.17. The summed E-state index contributed by atoms with van der Waals surface area (Å²) >= 11 is 0. The molecule has 5 nitrogen and oxygen atoms in total. The lowest BCUT2D eigenvalue weighted by molar-refractivity contribution is 0.0693. The summed E-state index contributed by atoms with van der Waals surface area (Å²) in [6.07, 6.45) is 0.781. The number of rotatable bonds is 6. The van der Waals surface area contributed by atoms with Gasteiger partial charge in [0.05, 0.1) is 22.6 Å². The number of carbonyl (C=O) groups excluding carboxylic acids is 1. The van der Waals surface area contributed by atoms with E-state index in [0.717, 1.165) is 17.7 Å². The highest BCUT2D eigenvalue weighted by Crippen LogP contribution is 2.25. The molecule has 4 rings (SSSR count). The second-order valence-electron chi connectivity index (χ2n) is 7.74. The van der Waals surface area contributed by atoms with Crippen molar-refractivity contribution in [3.05, 3.63) is 106 Å². The number of aromatic nitrogens is 2. The van der Waals surface area contributed by atoms with Crippen LogP contribution in [0.3, 0.4) is 0 Å². The highest BCUT2D eigenvalue weighted by molar-refractivity contribution is 5.94. The van der Waals surface area contributed by atoms with Crippen molar-refractivity contribution < 1.29 is 4.79 Å². The zero-order valence-electron chi connectivity index (χ0n) is 18.7. The van der Waals surface area contributed by atoms with Gasteiger partial charge in [-0.1, -0.05) is 55.5 Å². The Labute approximate surface area is 188 Å². The van der Waals surface area contributed by atoms with E-state index >= 15 is 0 Å². The van der Waals surface area contributed by atoms with E-state index in [2.05, 4.69) is 6.92 Å². The monoisotopic (exact) mass is 425 g/mol. The van der Waals surface area contributed by atoms with E-state index in [9.17, 15) is 9.59 Å². The van der Waals surface area contributed by atoms with Crippen molar-refractivity contribution in [3.8, 4) is 5.69 Å². The number of carbonyl (C=O) groups is 1. The smallest absolute Gasteiger partial charge is 0.266 e. The van der Waals surface area contributed by atoms with Crippen LogP contribution in [0.4, 0.5) is 0 Å². The summed E-state index contributed by atoms with van der Waals surface area (Å²) in [5.41, 5.74) is 2.99. The first kappa shape index (κ1) is 21.5. The number of hydrogen-bond donors (Lipinski definition) is 0. The van der Waals surface area contributed by atoms with Gasteiger partial charge in [0.2, 0.25) is 0 Å². The lowest BCUT2D eigenvalue weighted by Gasteiger charge is -2.30. The highest BCUT2D eigenvalue weighted by atomic mass is 16.2. The van der Waals surface area contributed by atoms with Crippen molar-refractivity contribution >= 4 is 16.8 Å². The predicted molar refractivity (Wildman–Crippen MR) is 128 cm³/mol. The second-order valence-corrected chi connectivity index (χ2v) is 7.74. The first-order valence-electron chi connectivity index (χ1n) is 11.0. The summed E-state index contributed by atoms with van der Waals surface area (Å²) in [4.78, 5) is 33.7. The van der Waals surface area contributed by atoms with Crippen LogP contribution in [0.2, 0.25) is 0 Å². The van der Waals surface area contributed by atoms with Gasteiger partial charge < -0.3 is 4.90 Å². The summed E-state index contributed by atoms with van der Waals surface area (Å²) in [6.45, 7) is 6.44. The van der Waals surface area contributed by atoms with E-state index < -0.39 is 6.04 Å². The Hall–Kier alpha value is -3.73. The van der Waals surface area contributed by atoms with Crippen LogP contribution in [0.15, 0.2) is 83.7 Å². The molecule has 0 aliphatic carbocycles. The van der Waals surface area contributed by atoms with Crippen LogP contribution in [0.25, 0.3) is 16.6 Å². The molecule has 0 N–H and O–H groups in total. The molecule has 0 saturated carbocycles.